The molecule has 1 spiro atoms. The van der Waals surface area contributed by atoms with Crippen molar-refractivity contribution in [1.82, 2.24) is 0 Å². The zero-order valence-electron chi connectivity index (χ0n) is 17.1. The molecule has 6 atom stereocenters. The highest BCUT2D eigenvalue weighted by molar-refractivity contribution is 5.83. The van der Waals surface area contributed by atoms with Gasteiger partial charge in [-0.2, -0.15) is 0 Å². The second kappa shape index (κ2) is 6.26. The molecular weight excluding hydrogens is 356 g/mol. The number of fused-ring (bicyclic) bond motifs is 4. The fourth-order valence-corrected chi connectivity index (χ4v) is 8.78. The molecular formula is C23H34O5. The van der Waals surface area contributed by atoms with Crippen LogP contribution < -0.4 is 0 Å². The predicted molar refractivity (Wildman–Crippen MR) is 101 cm³/mol. The van der Waals surface area contributed by atoms with E-state index in [1.165, 1.54) is 19.3 Å². The highest BCUT2D eigenvalue weighted by Gasteiger charge is 2.73. The summed E-state index contributed by atoms with van der Waals surface area (Å²) in [5.74, 6) is 1.72. The molecule has 5 heteroatoms. The summed E-state index contributed by atoms with van der Waals surface area (Å²) in [6.07, 6.45) is 9.52. The Morgan fingerprint density at radius 3 is 2.39 bits per heavy atom. The van der Waals surface area contributed by atoms with E-state index >= 15 is 0 Å². The molecule has 0 N–H and O–H groups in total. The first-order valence-electron chi connectivity index (χ1n) is 11.6. The van der Waals surface area contributed by atoms with Gasteiger partial charge in [0.15, 0.2) is 12.1 Å². The Kier molecular flexibility index (Phi) is 4.09. The number of ether oxygens (including phenoxy) is 4. The zero-order chi connectivity index (χ0) is 19.0. The van der Waals surface area contributed by atoms with E-state index in [0.29, 0.717) is 55.9 Å². The van der Waals surface area contributed by atoms with Gasteiger partial charge in [0.05, 0.1) is 31.8 Å². The van der Waals surface area contributed by atoms with Crippen molar-refractivity contribution in [2.45, 2.75) is 76.8 Å². The Labute approximate surface area is 167 Å². The van der Waals surface area contributed by atoms with E-state index in [-0.39, 0.29) is 17.1 Å². The second-order valence-corrected chi connectivity index (χ2v) is 10.5. The molecule has 0 unspecified atom stereocenters. The molecule has 6 fully saturated rings. The van der Waals surface area contributed by atoms with Crippen LogP contribution in [-0.4, -0.2) is 44.3 Å². The van der Waals surface area contributed by atoms with E-state index in [1.807, 2.05) is 0 Å². The lowest BCUT2D eigenvalue weighted by molar-refractivity contribution is -0.318. The van der Waals surface area contributed by atoms with E-state index in [0.717, 1.165) is 38.5 Å². The summed E-state index contributed by atoms with van der Waals surface area (Å²) in [7, 11) is 0. The molecule has 0 aromatic rings. The summed E-state index contributed by atoms with van der Waals surface area (Å²) in [4.78, 5) is 13.3. The minimum atomic E-state index is -0.576. The molecule has 6 aliphatic rings. The zero-order valence-corrected chi connectivity index (χ0v) is 17.1. The van der Waals surface area contributed by atoms with E-state index in [9.17, 15) is 4.79 Å². The van der Waals surface area contributed by atoms with Crippen LogP contribution in [0.1, 0.15) is 64.7 Å². The molecule has 2 heterocycles. The van der Waals surface area contributed by atoms with Crippen molar-refractivity contribution in [1.29, 1.82) is 0 Å². The minimum Gasteiger partial charge on any atom is -0.349 e. The predicted octanol–water partition coefficient (Wildman–Crippen LogP) is 3.69. The summed E-state index contributed by atoms with van der Waals surface area (Å²) in [5, 5.41) is 0. The van der Waals surface area contributed by atoms with Crippen LogP contribution in [0.15, 0.2) is 0 Å². The lowest BCUT2D eigenvalue weighted by atomic mass is 9.44. The Hall–Kier alpha value is -0.490. The Bertz CT molecular complexity index is 651. The van der Waals surface area contributed by atoms with Gasteiger partial charge in [0.2, 0.25) is 0 Å². The largest absolute Gasteiger partial charge is 0.349 e. The van der Waals surface area contributed by atoms with Gasteiger partial charge in [-0.15, -0.1) is 0 Å². The van der Waals surface area contributed by atoms with E-state index in [1.54, 1.807) is 0 Å². The highest BCUT2D eigenvalue weighted by atomic mass is 16.8. The third kappa shape index (κ3) is 2.15. The monoisotopic (exact) mass is 390 g/mol. The highest BCUT2D eigenvalue weighted by Crippen LogP contribution is 2.70. The lowest BCUT2D eigenvalue weighted by Gasteiger charge is -2.61. The Morgan fingerprint density at radius 1 is 0.857 bits per heavy atom. The maximum atomic E-state index is 13.3. The van der Waals surface area contributed by atoms with Gasteiger partial charge in [0.1, 0.15) is 5.78 Å². The van der Waals surface area contributed by atoms with Gasteiger partial charge in [-0.25, -0.2) is 0 Å². The summed E-state index contributed by atoms with van der Waals surface area (Å²) in [5.41, 5.74) is -0.0613. The van der Waals surface area contributed by atoms with Crippen LogP contribution in [0.25, 0.3) is 0 Å². The minimum absolute atomic E-state index is 0.189. The molecule has 2 saturated heterocycles. The van der Waals surface area contributed by atoms with Crippen LogP contribution >= 0.6 is 0 Å². The molecule has 4 saturated carbocycles. The summed E-state index contributed by atoms with van der Waals surface area (Å²) >= 11 is 0. The van der Waals surface area contributed by atoms with Crippen LogP contribution in [0, 0.1) is 34.5 Å². The summed E-state index contributed by atoms with van der Waals surface area (Å²) in [6, 6.07) is 0. The number of hydrogen-bond acceptors (Lipinski definition) is 5. The van der Waals surface area contributed by atoms with Crippen molar-refractivity contribution >= 4 is 5.78 Å². The van der Waals surface area contributed by atoms with Gasteiger partial charge in [-0.1, -0.05) is 19.8 Å². The van der Waals surface area contributed by atoms with Crippen molar-refractivity contribution in [2.24, 2.45) is 34.5 Å². The van der Waals surface area contributed by atoms with E-state index < -0.39 is 5.79 Å². The first-order valence-corrected chi connectivity index (χ1v) is 11.6. The van der Waals surface area contributed by atoms with Crippen LogP contribution in [0.4, 0.5) is 0 Å². The third-order valence-electron chi connectivity index (χ3n) is 9.78. The maximum Gasteiger partial charge on any atom is 0.179 e. The average molecular weight is 391 g/mol. The molecule has 5 nitrogen and oxygen atoms in total. The summed E-state index contributed by atoms with van der Waals surface area (Å²) in [6.45, 7) is 4.71. The quantitative estimate of drug-likeness (QED) is 0.631. The fourth-order valence-electron chi connectivity index (χ4n) is 8.78. The van der Waals surface area contributed by atoms with Gasteiger partial charge >= 0.3 is 0 Å². The van der Waals surface area contributed by atoms with E-state index in [2.05, 4.69) is 6.92 Å². The van der Waals surface area contributed by atoms with Gasteiger partial charge in [-0.3, -0.25) is 4.79 Å². The average Bonchev–Trinajstić information content (AvgIpc) is 2.86. The Morgan fingerprint density at radius 2 is 1.61 bits per heavy atom. The van der Waals surface area contributed by atoms with Crippen molar-refractivity contribution in [3.8, 4) is 0 Å². The number of carbonyl (C=O) groups excluding carboxylic acids is 1. The third-order valence-corrected chi connectivity index (χ3v) is 9.78. The van der Waals surface area contributed by atoms with Crippen LogP contribution in [0.2, 0.25) is 0 Å². The molecule has 2 bridgehead atoms. The van der Waals surface area contributed by atoms with Crippen molar-refractivity contribution in [2.75, 3.05) is 26.4 Å². The normalized spacial score (nSPS) is 55.9. The topological polar surface area (TPSA) is 54.0 Å². The molecule has 0 aromatic heterocycles. The maximum absolute atomic E-state index is 13.3. The molecule has 0 aromatic carbocycles. The first-order chi connectivity index (χ1) is 13.6. The van der Waals surface area contributed by atoms with Crippen LogP contribution in [0.3, 0.4) is 0 Å². The molecule has 0 amide bonds. The standard InChI is InChI=1S/C23H34O5/c1-21-7-3-2-4-18(21)19(24)14-15-16(21)5-8-22-17(15)6-9-23(22)27-12-10-25-20(22)26-11-13-28-23/h15-18,20H,2-14H2,1H3/t15-,16+,17+,18-,20?,21-,22+,23?/m1/s1. The number of rotatable bonds is 0. The molecule has 6 rings (SSSR count). The summed E-state index contributed by atoms with van der Waals surface area (Å²) < 4.78 is 25.4. The molecule has 4 aliphatic carbocycles. The first kappa shape index (κ1) is 18.3. The SMILES string of the molecule is C[C@]12CCCC[C@@H]1C(=O)C[C@@H]1[C@@H]2CC[C@]23C4OCCOC2(CC[C@@H]13)OCCO4. The van der Waals surface area contributed by atoms with Crippen LogP contribution in [-0.2, 0) is 23.7 Å². The van der Waals surface area contributed by atoms with E-state index in [4.69, 9.17) is 18.9 Å². The molecule has 156 valence electrons. The number of carbonyl (C=O) groups is 1. The van der Waals surface area contributed by atoms with Gasteiger partial charge in [0.25, 0.3) is 0 Å². The molecule has 2 aliphatic heterocycles. The lowest BCUT2D eigenvalue weighted by Crippen LogP contribution is -2.63. The van der Waals surface area contributed by atoms with Gasteiger partial charge in [-0.05, 0) is 55.3 Å². The van der Waals surface area contributed by atoms with Gasteiger partial charge < -0.3 is 18.9 Å². The van der Waals surface area contributed by atoms with Crippen molar-refractivity contribution in [3.63, 3.8) is 0 Å². The second-order valence-electron chi connectivity index (χ2n) is 10.5. The molecule has 0 radical (unpaired) electrons. The number of hydrogen-bond donors (Lipinski definition) is 0. The number of ketones is 1. The van der Waals surface area contributed by atoms with Crippen LogP contribution in [0.5, 0.6) is 0 Å². The Balaban J connectivity index is 1.43. The van der Waals surface area contributed by atoms with Gasteiger partial charge in [0, 0.05) is 18.8 Å². The van der Waals surface area contributed by atoms with Crippen molar-refractivity contribution in [3.05, 3.63) is 0 Å². The van der Waals surface area contributed by atoms with Crippen molar-refractivity contribution < 1.29 is 23.7 Å². The smallest absolute Gasteiger partial charge is 0.179 e. The molecule has 28 heavy (non-hydrogen) atoms. The number of Topliss-reactive ketones (excluding diaryl/α,β-unsaturated/α-hetero) is 1. The fraction of sp³-hybridized carbons (Fsp3) is 0.957.